The molecular formula is C18H26N2O4S. The summed E-state index contributed by atoms with van der Waals surface area (Å²) in [6, 6.07) is 6.34. The SMILES string of the molecule is CCN(CC)C(=O)c1ccc(C(=O)N(CC)C2CCS(=O)(=O)C2)cc1. The van der Waals surface area contributed by atoms with Crippen molar-refractivity contribution in [2.75, 3.05) is 31.1 Å². The lowest BCUT2D eigenvalue weighted by Crippen LogP contribution is -2.41. The van der Waals surface area contributed by atoms with Crippen LogP contribution in [0.1, 0.15) is 47.9 Å². The molecule has 0 radical (unpaired) electrons. The van der Waals surface area contributed by atoms with E-state index in [1.165, 1.54) is 0 Å². The molecule has 1 aromatic carbocycles. The van der Waals surface area contributed by atoms with Crippen LogP contribution in [0.5, 0.6) is 0 Å². The molecule has 1 aliphatic rings. The highest BCUT2D eigenvalue weighted by molar-refractivity contribution is 7.91. The van der Waals surface area contributed by atoms with Gasteiger partial charge in [-0.25, -0.2) is 8.42 Å². The maximum absolute atomic E-state index is 12.7. The van der Waals surface area contributed by atoms with Crippen molar-refractivity contribution in [2.45, 2.75) is 33.2 Å². The number of hydrogen-bond donors (Lipinski definition) is 0. The summed E-state index contributed by atoms with van der Waals surface area (Å²) in [5.74, 6) is -0.0752. The second-order valence-corrected chi connectivity index (χ2v) is 8.43. The Morgan fingerprint density at radius 2 is 1.48 bits per heavy atom. The smallest absolute Gasteiger partial charge is 0.254 e. The fourth-order valence-corrected chi connectivity index (χ4v) is 4.93. The number of rotatable bonds is 6. The van der Waals surface area contributed by atoms with Crippen LogP contribution in [0, 0.1) is 0 Å². The summed E-state index contributed by atoms with van der Waals surface area (Å²) in [5, 5.41) is 0. The third kappa shape index (κ3) is 4.39. The van der Waals surface area contributed by atoms with Gasteiger partial charge in [-0.05, 0) is 51.5 Å². The molecule has 1 saturated heterocycles. The lowest BCUT2D eigenvalue weighted by atomic mass is 10.1. The van der Waals surface area contributed by atoms with Crippen molar-refractivity contribution < 1.29 is 18.0 Å². The van der Waals surface area contributed by atoms with Gasteiger partial charge in [0.1, 0.15) is 0 Å². The molecule has 7 heteroatoms. The number of carbonyl (C=O) groups excluding carboxylic acids is 2. The average Bonchev–Trinajstić information content (AvgIpc) is 2.96. The Labute approximate surface area is 149 Å². The van der Waals surface area contributed by atoms with E-state index in [4.69, 9.17) is 0 Å². The van der Waals surface area contributed by atoms with Crippen molar-refractivity contribution in [3.8, 4) is 0 Å². The van der Waals surface area contributed by atoms with Gasteiger partial charge in [-0.2, -0.15) is 0 Å². The molecule has 0 spiro atoms. The molecule has 1 atom stereocenters. The van der Waals surface area contributed by atoms with Crippen LogP contribution in [0.3, 0.4) is 0 Å². The average molecular weight is 366 g/mol. The lowest BCUT2D eigenvalue weighted by Gasteiger charge is -2.27. The number of carbonyl (C=O) groups is 2. The van der Waals surface area contributed by atoms with E-state index in [9.17, 15) is 18.0 Å². The zero-order valence-electron chi connectivity index (χ0n) is 15.1. The monoisotopic (exact) mass is 366 g/mol. The van der Waals surface area contributed by atoms with Gasteiger partial charge in [-0.3, -0.25) is 9.59 Å². The van der Waals surface area contributed by atoms with Gasteiger partial charge in [0.25, 0.3) is 11.8 Å². The maximum Gasteiger partial charge on any atom is 0.254 e. The first kappa shape index (κ1) is 19.4. The van der Waals surface area contributed by atoms with Crippen LogP contribution in [0.2, 0.25) is 0 Å². The van der Waals surface area contributed by atoms with Crippen LogP contribution in [-0.4, -0.2) is 67.2 Å². The first-order chi connectivity index (χ1) is 11.8. The fourth-order valence-electron chi connectivity index (χ4n) is 3.20. The highest BCUT2D eigenvalue weighted by atomic mass is 32.2. The molecule has 6 nitrogen and oxygen atoms in total. The highest BCUT2D eigenvalue weighted by Crippen LogP contribution is 2.20. The number of hydrogen-bond acceptors (Lipinski definition) is 4. The maximum atomic E-state index is 12.7. The van der Waals surface area contributed by atoms with E-state index < -0.39 is 9.84 Å². The predicted molar refractivity (Wildman–Crippen MR) is 97.5 cm³/mol. The Morgan fingerprint density at radius 1 is 0.960 bits per heavy atom. The molecule has 0 bridgehead atoms. The molecule has 0 saturated carbocycles. The predicted octanol–water partition coefficient (Wildman–Crippen LogP) is 1.82. The van der Waals surface area contributed by atoms with Gasteiger partial charge in [0, 0.05) is 36.8 Å². The lowest BCUT2D eigenvalue weighted by molar-refractivity contribution is 0.0706. The van der Waals surface area contributed by atoms with Crippen LogP contribution in [-0.2, 0) is 9.84 Å². The molecule has 0 aromatic heterocycles. The van der Waals surface area contributed by atoms with Crippen molar-refractivity contribution in [3.63, 3.8) is 0 Å². The first-order valence-electron chi connectivity index (χ1n) is 8.73. The summed E-state index contributed by atoms with van der Waals surface area (Å²) in [5.41, 5.74) is 1.02. The Morgan fingerprint density at radius 3 is 1.88 bits per heavy atom. The van der Waals surface area contributed by atoms with Gasteiger partial charge < -0.3 is 9.80 Å². The zero-order chi connectivity index (χ0) is 18.6. The van der Waals surface area contributed by atoms with Gasteiger partial charge in [0.15, 0.2) is 9.84 Å². The van der Waals surface area contributed by atoms with Crippen molar-refractivity contribution >= 4 is 21.7 Å². The molecule has 0 aliphatic carbocycles. The van der Waals surface area contributed by atoms with Crippen molar-refractivity contribution in [1.82, 2.24) is 9.80 Å². The minimum atomic E-state index is -3.04. The number of nitrogens with zero attached hydrogens (tertiary/aromatic N) is 2. The van der Waals surface area contributed by atoms with Gasteiger partial charge in [-0.15, -0.1) is 0 Å². The minimum Gasteiger partial charge on any atom is -0.339 e. The summed E-state index contributed by atoms with van der Waals surface area (Å²) in [6.45, 7) is 7.42. The van der Waals surface area contributed by atoms with Crippen LogP contribution < -0.4 is 0 Å². The molecule has 2 amide bonds. The Bertz CT molecular complexity index is 724. The van der Waals surface area contributed by atoms with Crippen molar-refractivity contribution in [1.29, 1.82) is 0 Å². The third-order valence-electron chi connectivity index (χ3n) is 4.68. The standard InChI is InChI=1S/C18H26N2O4S/c1-4-19(5-2)17(21)14-7-9-15(10-8-14)18(22)20(6-3)16-11-12-25(23,24)13-16/h7-10,16H,4-6,11-13H2,1-3H3. The summed E-state index contributed by atoms with van der Waals surface area (Å²) in [7, 11) is -3.04. The largest absolute Gasteiger partial charge is 0.339 e. The van der Waals surface area contributed by atoms with Gasteiger partial charge in [0.05, 0.1) is 11.5 Å². The topological polar surface area (TPSA) is 74.8 Å². The summed E-state index contributed by atoms with van der Waals surface area (Å²) in [6.07, 6.45) is 0.487. The summed E-state index contributed by atoms with van der Waals surface area (Å²) < 4.78 is 23.4. The van der Waals surface area contributed by atoms with Crippen LogP contribution in [0.15, 0.2) is 24.3 Å². The molecular weight excluding hydrogens is 340 g/mol. The van der Waals surface area contributed by atoms with E-state index in [-0.39, 0.29) is 29.4 Å². The molecule has 2 rings (SSSR count). The van der Waals surface area contributed by atoms with Crippen LogP contribution in [0.4, 0.5) is 0 Å². The van der Waals surface area contributed by atoms with E-state index in [2.05, 4.69) is 0 Å². The molecule has 1 aromatic rings. The minimum absolute atomic E-state index is 0.0328. The Balaban J connectivity index is 2.15. The second kappa shape index (κ2) is 7.99. The summed E-state index contributed by atoms with van der Waals surface area (Å²) in [4.78, 5) is 28.4. The molecule has 0 N–H and O–H groups in total. The van der Waals surface area contributed by atoms with E-state index in [1.807, 2.05) is 20.8 Å². The Hall–Kier alpha value is -1.89. The first-order valence-corrected chi connectivity index (χ1v) is 10.6. The van der Waals surface area contributed by atoms with Crippen molar-refractivity contribution in [3.05, 3.63) is 35.4 Å². The van der Waals surface area contributed by atoms with Gasteiger partial charge in [0.2, 0.25) is 0 Å². The molecule has 1 fully saturated rings. The highest BCUT2D eigenvalue weighted by Gasteiger charge is 2.34. The van der Waals surface area contributed by atoms with E-state index in [0.717, 1.165) is 0 Å². The second-order valence-electron chi connectivity index (χ2n) is 6.20. The quantitative estimate of drug-likeness (QED) is 0.770. The molecule has 1 unspecified atom stereocenters. The number of sulfone groups is 1. The fraction of sp³-hybridized carbons (Fsp3) is 0.556. The molecule has 1 heterocycles. The number of amides is 2. The number of benzene rings is 1. The van der Waals surface area contributed by atoms with Crippen molar-refractivity contribution in [2.24, 2.45) is 0 Å². The Kier molecular flexibility index (Phi) is 6.21. The van der Waals surface area contributed by atoms with E-state index in [1.54, 1.807) is 34.1 Å². The third-order valence-corrected chi connectivity index (χ3v) is 6.43. The van der Waals surface area contributed by atoms with Gasteiger partial charge in [-0.1, -0.05) is 0 Å². The van der Waals surface area contributed by atoms with E-state index in [0.29, 0.717) is 37.2 Å². The normalized spacial score (nSPS) is 18.8. The molecule has 138 valence electrons. The molecule has 1 aliphatic heterocycles. The van der Waals surface area contributed by atoms with Crippen LogP contribution >= 0.6 is 0 Å². The summed E-state index contributed by atoms with van der Waals surface area (Å²) >= 11 is 0. The van der Waals surface area contributed by atoms with Crippen LogP contribution in [0.25, 0.3) is 0 Å². The zero-order valence-corrected chi connectivity index (χ0v) is 15.9. The van der Waals surface area contributed by atoms with E-state index >= 15 is 0 Å². The molecule has 25 heavy (non-hydrogen) atoms. The van der Waals surface area contributed by atoms with Gasteiger partial charge >= 0.3 is 0 Å².